The second-order valence-corrected chi connectivity index (χ2v) is 7.89. The second kappa shape index (κ2) is 7.16. The highest BCUT2D eigenvalue weighted by molar-refractivity contribution is 6.26. The van der Waals surface area contributed by atoms with Crippen molar-refractivity contribution in [1.82, 2.24) is 20.4 Å². The van der Waals surface area contributed by atoms with Gasteiger partial charge in [0.05, 0.1) is 17.3 Å². The summed E-state index contributed by atoms with van der Waals surface area (Å²) < 4.78 is 0. The third-order valence-electron chi connectivity index (χ3n) is 6.05. The van der Waals surface area contributed by atoms with E-state index in [0.717, 1.165) is 10.5 Å². The van der Waals surface area contributed by atoms with Gasteiger partial charge in [-0.1, -0.05) is 30.3 Å². The third-order valence-corrected chi connectivity index (χ3v) is 6.05. The number of fused-ring (bicyclic) bond motifs is 1. The van der Waals surface area contributed by atoms with Crippen LogP contribution in [0.1, 0.15) is 39.1 Å². The van der Waals surface area contributed by atoms with E-state index in [-0.39, 0.29) is 36.1 Å². The summed E-state index contributed by atoms with van der Waals surface area (Å²) in [6, 6.07) is 12.0. The Morgan fingerprint density at radius 1 is 1.00 bits per heavy atom. The minimum absolute atomic E-state index is 0.00657. The van der Waals surface area contributed by atoms with Crippen LogP contribution in [0.3, 0.4) is 0 Å². The van der Waals surface area contributed by atoms with E-state index in [4.69, 9.17) is 0 Å². The van der Waals surface area contributed by atoms with Crippen LogP contribution in [0.5, 0.6) is 5.75 Å². The minimum atomic E-state index is -1.59. The molecule has 2 aliphatic rings. The summed E-state index contributed by atoms with van der Waals surface area (Å²) in [4.78, 5) is 52.8. The molecule has 9 heteroatoms. The monoisotopic (exact) mass is 430 g/mol. The van der Waals surface area contributed by atoms with E-state index in [1.54, 1.807) is 30.5 Å². The molecule has 1 fully saturated rings. The van der Waals surface area contributed by atoms with Crippen molar-refractivity contribution in [3.63, 3.8) is 0 Å². The molecule has 5 rings (SSSR count). The summed E-state index contributed by atoms with van der Waals surface area (Å²) in [6.45, 7) is 0. The largest absolute Gasteiger partial charge is 0.506 e. The zero-order valence-corrected chi connectivity index (χ0v) is 16.8. The first-order valence-electron chi connectivity index (χ1n) is 10.0. The standard InChI is InChI=1S/C23H18N4O5/c28-17-8-9-23(22(32)26-17,10-13-4-2-1-3-5-13)27-20(30)16-7-6-15(14-11-24-25-12-14)19(29)18(16)21(27)31/h1-7,11-12,29H,8-10H2,(H,24,25)(H,26,28,32). The maximum Gasteiger partial charge on any atom is 0.266 e. The Hall–Kier alpha value is -4.27. The molecule has 1 aromatic heterocycles. The minimum Gasteiger partial charge on any atom is -0.506 e. The molecule has 0 aliphatic carbocycles. The predicted molar refractivity (Wildman–Crippen MR) is 111 cm³/mol. The second-order valence-electron chi connectivity index (χ2n) is 7.89. The van der Waals surface area contributed by atoms with Crippen molar-refractivity contribution >= 4 is 23.6 Å². The summed E-state index contributed by atoms with van der Waals surface area (Å²) >= 11 is 0. The van der Waals surface area contributed by atoms with Gasteiger partial charge in [-0.3, -0.25) is 34.5 Å². The van der Waals surface area contributed by atoms with Crippen LogP contribution < -0.4 is 5.32 Å². The van der Waals surface area contributed by atoms with Crippen LogP contribution in [-0.2, 0) is 16.0 Å². The van der Waals surface area contributed by atoms with E-state index in [2.05, 4.69) is 15.5 Å². The zero-order valence-electron chi connectivity index (χ0n) is 16.8. The molecule has 2 aliphatic heterocycles. The SMILES string of the molecule is O=C1CCC(Cc2ccccc2)(N2C(=O)c3ccc(-c4cn[nH]c4)c(O)c3C2=O)C(=O)N1. The molecule has 3 heterocycles. The highest BCUT2D eigenvalue weighted by atomic mass is 16.3. The van der Waals surface area contributed by atoms with E-state index in [1.165, 1.54) is 18.3 Å². The Morgan fingerprint density at radius 3 is 2.44 bits per heavy atom. The van der Waals surface area contributed by atoms with Crippen LogP contribution in [0.4, 0.5) is 0 Å². The number of aromatic nitrogens is 2. The molecule has 3 N–H and O–H groups in total. The number of carbonyl (C=O) groups is 4. The van der Waals surface area contributed by atoms with Gasteiger partial charge in [0, 0.05) is 30.2 Å². The molecular formula is C23H18N4O5. The average molecular weight is 430 g/mol. The number of piperidine rings is 1. The number of hydrogen-bond acceptors (Lipinski definition) is 6. The van der Waals surface area contributed by atoms with E-state index < -0.39 is 29.2 Å². The van der Waals surface area contributed by atoms with Gasteiger partial charge < -0.3 is 5.11 Å². The van der Waals surface area contributed by atoms with Gasteiger partial charge in [-0.15, -0.1) is 0 Å². The lowest BCUT2D eigenvalue weighted by molar-refractivity contribution is -0.141. The normalized spacial score (nSPS) is 20.4. The van der Waals surface area contributed by atoms with Crippen LogP contribution in [0, 0.1) is 0 Å². The van der Waals surface area contributed by atoms with E-state index in [0.29, 0.717) is 11.1 Å². The summed E-state index contributed by atoms with van der Waals surface area (Å²) in [5.74, 6) is -2.97. The van der Waals surface area contributed by atoms with Gasteiger partial charge in [0.15, 0.2) is 0 Å². The van der Waals surface area contributed by atoms with Crippen LogP contribution in [0.2, 0.25) is 0 Å². The van der Waals surface area contributed by atoms with Gasteiger partial charge in [0.25, 0.3) is 17.7 Å². The number of aromatic amines is 1. The lowest BCUT2D eigenvalue weighted by Crippen LogP contribution is -2.65. The first-order valence-corrected chi connectivity index (χ1v) is 10.0. The van der Waals surface area contributed by atoms with Gasteiger partial charge in [0.1, 0.15) is 11.3 Å². The van der Waals surface area contributed by atoms with Gasteiger partial charge in [-0.2, -0.15) is 5.10 Å². The van der Waals surface area contributed by atoms with Gasteiger partial charge in [-0.05, 0) is 24.1 Å². The fraction of sp³-hybridized carbons (Fsp3) is 0.174. The summed E-state index contributed by atoms with van der Waals surface area (Å²) in [5, 5.41) is 19.6. The molecule has 32 heavy (non-hydrogen) atoms. The number of aromatic hydroxyl groups is 1. The van der Waals surface area contributed by atoms with Crippen molar-refractivity contribution in [3.05, 3.63) is 71.5 Å². The Morgan fingerprint density at radius 2 is 1.75 bits per heavy atom. The molecule has 4 amide bonds. The van der Waals surface area contributed by atoms with Crippen molar-refractivity contribution in [3.8, 4) is 16.9 Å². The molecule has 1 atom stereocenters. The number of nitrogens with one attached hydrogen (secondary N) is 2. The summed E-state index contributed by atoms with van der Waals surface area (Å²) in [5.41, 5.74) is -0.130. The number of rotatable bonds is 4. The molecule has 1 unspecified atom stereocenters. The number of carbonyl (C=O) groups excluding carboxylic acids is 4. The van der Waals surface area contributed by atoms with Crippen molar-refractivity contribution in [1.29, 1.82) is 0 Å². The lowest BCUT2D eigenvalue weighted by atomic mass is 9.81. The highest BCUT2D eigenvalue weighted by Gasteiger charge is 2.56. The van der Waals surface area contributed by atoms with Gasteiger partial charge in [0.2, 0.25) is 5.91 Å². The van der Waals surface area contributed by atoms with Crippen molar-refractivity contribution < 1.29 is 24.3 Å². The highest BCUT2D eigenvalue weighted by Crippen LogP contribution is 2.42. The molecular weight excluding hydrogens is 412 g/mol. The van der Waals surface area contributed by atoms with Crippen LogP contribution in [0.25, 0.3) is 11.1 Å². The third kappa shape index (κ3) is 2.82. The quantitative estimate of drug-likeness (QED) is 0.541. The molecule has 0 bridgehead atoms. The van der Waals surface area contributed by atoms with E-state index in [1.807, 2.05) is 6.07 Å². The Labute approximate surface area is 182 Å². The van der Waals surface area contributed by atoms with Crippen LogP contribution in [0.15, 0.2) is 54.9 Å². The lowest BCUT2D eigenvalue weighted by Gasteiger charge is -2.41. The van der Waals surface area contributed by atoms with Crippen LogP contribution >= 0.6 is 0 Å². The molecule has 2 aromatic carbocycles. The summed E-state index contributed by atoms with van der Waals surface area (Å²) in [6.07, 6.45) is 3.06. The molecule has 0 saturated carbocycles. The number of benzene rings is 2. The zero-order chi connectivity index (χ0) is 22.5. The number of amides is 4. The molecule has 3 aromatic rings. The molecule has 1 saturated heterocycles. The van der Waals surface area contributed by atoms with Crippen molar-refractivity contribution in [2.75, 3.05) is 0 Å². The predicted octanol–water partition coefficient (Wildman–Crippen LogP) is 1.80. The fourth-order valence-electron chi connectivity index (χ4n) is 4.46. The van der Waals surface area contributed by atoms with Gasteiger partial charge in [-0.25, -0.2) is 0 Å². The number of imide groups is 2. The topological polar surface area (TPSA) is 132 Å². The number of H-pyrrole nitrogens is 1. The fourth-order valence-corrected chi connectivity index (χ4v) is 4.46. The number of phenols is 1. The number of hydrogen-bond donors (Lipinski definition) is 3. The molecule has 0 radical (unpaired) electrons. The molecule has 0 spiro atoms. The van der Waals surface area contributed by atoms with Crippen molar-refractivity contribution in [2.45, 2.75) is 24.8 Å². The molecule has 160 valence electrons. The first kappa shape index (κ1) is 19.7. The maximum absolute atomic E-state index is 13.5. The van der Waals surface area contributed by atoms with Crippen molar-refractivity contribution in [2.24, 2.45) is 0 Å². The van der Waals surface area contributed by atoms with E-state index >= 15 is 0 Å². The average Bonchev–Trinajstić information content (AvgIpc) is 3.39. The van der Waals surface area contributed by atoms with E-state index in [9.17, 15) is 24.3 Å². The number of phenolic OH excluding ortho intramolecular Hbond substituents is 1. The Balaban J connectivity index is 1.63. The first-order chi connectivity index (χ1) is 15.4. The maximum atomic E-state index is 13.5. The van der Waals surface area contributed by atoms with Gasteiger partial charge >= 0.3 is 0 Å². The molecule has 9 nitrogen and oxygen atoms in total. The Kier molecular flexibility index (Phi) is 4.40. The van der Waals surface area contributed by atoms with Crippen LogP contribution in [-0.4, -0.2) is 49.4 Å². The smallest absolute Gasteiger partial charge is 0.266 e. The Bertz CT molecular complexity index is 1270. The summed E-state index contributed by atoms with van der Waals surface area (Å²) in [7, 11) is 0. The number of nitrogens with zero attached hydrogens (tertiary/aromatic N) is 2.